The van der Waals surface area contributed by atoms with Gasteiger partial charge in [0, 0.05) is 12.5 Å². The van der Waals surface area contributed by atoms with Crippen molar-refractivity contribution in [3.05, 3.63) is 77.1 Å². The third kappa shape index (κ3) is 4.62. The van der Waals surface area contributed by atoms with Crippen molar-refractivity contribution >= 4 is 17.7 Å². The van der Waals surface area contributed by atoms with E-state index in [9.17, 15) is 4.79 Å². The molecule has 1 saturated carbocycles. The first-order chi connectivity index (χ1) is 13.7. The van der Waals surface area contributed by atoms with E-state index in [4.69, 9.17) is 0 Å². The average molecular weight is 393 g/mol. The molecule has 5 nitrogen and oxygen atoms in total. The van der Waals surface area contributed by atoms with Gasteiger partial charge in [-0.1, -0.05) is 66.4 Å². The maximum atomic E-state index is 12.3. The average Bonchev–Trinajstić information content (AvgIpc) is 3.48. The van der Waals surface area contributed by atoms with Gasteiger partial charge >= 0.3 is 0 Å². The highest BCUT2D eigenvalue weighted by molar-refractivity contribution is 7.99. The Hall–Kier alpha value is -2.60. The maximum Gasteiger partial charge on any atom is 0.230 e. The van der Waals surface area contributed by atoms with E-state index in [1.165, 1.54) is 35.7 Å². The van der Waals surface area contributed by atoms with Gasteiger partial charge in [-0.05, 0) is 36.5 Å². The zero-order valence-corrected chi connectivity index (χ0v) is 16.8. The van der Waals surface area contributed by atoms with Gasteiger partial charge in [-0.25, -0.2) is 0 Å². The number of aryl methyl sites for hydroxylation is 1. The first-order valence-electron chi connectivity index (χ1n) is 9.61. The van der Waals surface area contributed by atoms with Gasteiger partial charge in [0.05, 0.1) is 12.3 Å². The van der Waals surface area contributed by atoms with Crippen LogP contribution in [0.5, 0.6) is 0 Å². The van der Waals surface area contributed by atoms with Crippen molar-refractivity contribution in [3.8, 4) is 0 Å². The van der Waals surface area contributed by atoms with Crippen LogP contribution in [0.3, 0.4) is 0 Å². The fraction of sp³-hybridized carbons (Fsp3) is 0.318. The molecule has 1 aliphatic carbocycles. The Kier molecular flexibility index (Phi) is 5.76. The van der Waals surface area contributed by atoms with Crippen LogP contribution in [0.25, 0.3) is 0 Å². The van der Waals surface area contributed by atoms with Gasteiger partial charge in [0.15, 0.2) is 5.16 Å². The normalized spacial score (nSPS) is 13.5. The van der Waals surface area contributed by atoms with Crippen LogP contribution in [0.1, 0.15) is 41.3 Å². The number of carbonyl (C=O) groups excluding carboxylic acids is 1. The van der Waals surface area contributed by atoms with E-state index < -0.39 is 0 Å². The minimum Gasteiger partial charge on any atom is -0.351 e. The van der Waals surface area contributed by atoms with Gasteiger partial charge in [0.2, 0.25) is 5.91 Å². The number of carbonyl (C=O) groups is 1. The second-order valence-corrected chi connectivity index (χ2v) is 8.12. The van der Waals surface area contributed by atoms with Crippen LogP contribution in [0.4, 0.5) is 0 Å². The highest BCUT2D eigenvalue weighted by Gasteiger charge is 2.30. The molecule has 1 N–H and O–H groups in total. The van der Waals surface area contributed by atoms with Gasteiger partial charge in [0.25, 0.3) is 0 Å². The highest BCUT2D eigenvalue weighted by Crippen LogP contribution is 2.40. The number of nitrogens with one attached hydrogen (secondary N) is 1. The number of benzene rings is 2. The van der Waals surface area contributed by atoms with Gasteiger partial charge < -0.3 is 9.88 Å². The largest absolute Gasteiger partial charge is 0.351 e. The maximum absolute atomic E-state index is 12.3. The van der Waals surface area contributed by atoms with E-state index >= 15 is 0 Å². The summed E-state index contributed by atoms with van der Waals surface area (Å²) in [6.07, 6.45) is 2.35. The number of amides is 1. The zero-order chi connectivity index (χ0) is 19.3. The molecule has 0 aliphatic heterocycles. The zero-order valence-electron chi connectivity index (χ0n) is 16.0. The van der Waals surface area contributed by atoms with E-state index in [0.717, 1.165) is 23.1 Å². The molecule has 1 fully saturated rings. The Morgan fingerprint density at radius 2 is 1.86 bits per heavy atom. The second-order valence-electron chi connectivity index (χ2n) is 7.18. The lowest BCUT2D eigenvalue weighted by Gasteiger charge is -2.10. The molecule has 0 bridgehead atoms. The van der Waals surface area contributed by atoms with Crippen LogP contribution in [-0.2, 0) is 17.9 Å². The second kappa shape index (κ2) is 8.61. The van der Waals surface area contributed by atoms with E-state index in [-0.39, 0.29) is 5.91 Å². The monoisotopic (exact) mass is 392 g/mol. The summed E-state index contributed by atoms with van der Waals surface area (Å²) in [5.74, 6) is 1.91. The van der Waals surface area contributed by atoms with Crippen molar-refractivity contribution in [2.45, 2.75) is 43.9 Å². The van der Waals surface area contributed by atoms with Crippen molar-refractivity contribution in [2.75, 3.05) is 5.75 Å². The molecule has 1 heterocycles. The summed E-state index contributed by atoms with van der Waals surface area (Å²) >= 11 is 1.46. The lowest BCUT2D eigenvalue weighted by molar-refractivity contribution is -0.118. The predicted octanol–water partition coefficient (Wildman–Crippen LogP) is 3.92. The van der Waals surface area contributed by atoms with Crippen LogP contribution in [-0.4, -0.2) is 26.4 Å². The van der Waals surface area contributed by atoms with E-state index in [1.807, 2.05) is 36.4 Å². The molecular formula is C22H24N4OS. The van der Waals surface area contributed by atoms with Crippen molar-refractivity contribution < 1.29 is 4.79 Å². The lowest BCUT2D eigenvalue weighted by atomic mass is 10.1. The van der Waals surface area contributed by atoms with Gasteiger partial charge in [0.1, 0.15) is 5.82 Å². The molecule has 0 atom stereocenters. The minimum atomic E-state index is 0.00971. The van der Waals surface area contributed by atoms with Crippen molar-refractivity contribution in [3.63, 3.8) is 0 Å². The Bertz CT molecular complexity index is 950. The summed E-state index contributed by atoms with van der Waals surface area (Å²) in [6, 6.07) is 18.4. The van der Waals surface area contributed by atoms with E-state index in [0.29, 0.717) is 18.2 Å². The molecule has 0 saturated heterocycles. The molecule has 1 aromatic heterocycles. The number of nitrogens with zero attached hydrogens (tertiary/aromatic N) is 3. The smallest absolute Gasteiger partial charge is 0.230 e. The molecule has 3 aromatic rings. The fourth-order valence-electron chi connectivity index (χ4n) is 3.15. The predicted molar refractivity (Wildman–Crippen MR) is 111 cm³/mol. The summed E-state index contributed by atoms with van der Waals surface area (Å²) in [7, 11) is 0. The Morgan fingerprint density at radius 1 is 1.11 bits per heavy atom. The highest BCUT2D eigenvalue weighted by atomic mass is 32.2. The molecule has 0 radical (unpaired) electrons. The van der Waals surface area contributed by atoms with Crippen LogP contribution in [0, 0.1) is 6.92 Å². The fourth-order valence-corrected chi connectivity index (χ4v) is 3.92. The van der Waals surface area contributed by atoms with Crippen molar-refractivity contribution in [1.29, 1.82) is 0 Å². The molecule has 144 valence electrons. The van der Waals surface area contributed by atoms with Crippen LogP contribution >= 0.6 is 11.8 Å². The molecular weight excluding hydrogens is 368 g/mol. The minimum absolute atomic E-state index is 0.00971. The number of rotatable bonds is 8. The number of hydrogen-bond acceptors (Lipinski definition) is 4. The third-order valence-electron chi connectivity index (χ3n) is 4.94. The quantitative estimate of drug-likeness (QED) is 0.590. The van der Waals surface area contributed by atoms with Crippen LogP contribution < -0.4 is 5.32 Å². The van der Waals surface area contributed by atoms with Crippen LogP contribution in [0.2, 0.25) is 0 Å². The number of aromatic nitrogens is 3. The van der Waals surface area contributed by atoms with Crippen molar-refractivity contribution in [1.82, 2.24) is 20.1 Å². The lowest BCUT2D eigenvalue weighted by Crippen LogP contribution is -2.25. The van der Waals surface area contributed by atoms with Gasteiger partial charge in [-0.3, -0.25) is 4.79 Å². The topological polar surface area (TPSA) is 59.8 Å². The molecule has 28 heavy (non-hydrogen) atoms. The first kappa shape index (κ1) is 18.7. The molecule has 0 spiro atoms. The molecule has 2 aromatic carbocycles. The Morgan fingerprint density at radius 3 is 2.61 bits per heavy atom. The Balaban J connectivity index is 1.39. The molecule has 6 heteroatoms. The SMILES string of the molecule is Cc1ccccc1CNC(=O)CSc1nnc(C2CC2)n1Cc1ccccc1. The molecule has 1 amide bonds. The van der Waals surface area contributed by atoms with Crippen molar-refractivity contribution in [2.24, 2.45) is 0 Å². The van der Waals surface area contributed by atoms with Gasteiger partial charge in [-0.2, -0.15) is 0 Å². The summed E-state index contributed by atoms with van der Waals surface area (Å²) in [6.45, 7) is 3.35. The summed E-state index contributed by atoms with van der Waals surface area (Å²) in [5.41, 5.74) is 3.55. The summed E-state index contributed by atoms with van der Waals surface area (Å²) < 4.78 is 2.17. The van der Waals surface area contributed by atoms with Gasteiger partial charge in [-0.15, -0.1) is 10.2 Å². The van der Waals surface area contributed by atoms with Crippen LogP contribution in [0.15, 0.2) is 59.8 Å². The van der Waals surface area contributed by atoms with E-state index in [2.05, 4.69) is 45.2 Å². The molecule has 1 aliphatic rings. The standard InChI is InChI=1S/C22H24N4OS/c1-16-7-5-6-10-19(16)13-23-20(27)15-28-22-25-24-21(18-11-12-18)26(22)14-17-8-3-2-4-9-17/h2-10,18H,11-15H2,1H3,(H,23,27). The molecule has 0 unspecified atom stereocenters. The molecule has 4 rings (SSSR count). The number of thioether (sulfide) groups is 1. The Labute approximate surface area is 169 Å². The summed E-state index contributed by atoms with van der Waals surface area (Å²) in [5, 5.41) is 12.6. The summed E-state index contributed by atoms with van der Waals surface area (Å²) in [4.78, 5) is 12.3. The van der Waals surface area contributed by atoms with E-state index in [1.54, 1.807) is 0 Å². The number of hydrogen-bond donors (Lipinski definition) is 1. The third-order valence-corrected chi connectivity index (χ3v) is 5.91. The first-order valence-corrected chi connectivity index (χ1v) is 10.6.